The largest absolute Gasteiger partial charge is 0.392 e. The van der Waals surface area contributed by atoms with Crippen molar-refractivity contribution in [2.75, 3.05) is 0 Å². The van der Waals surface area contributed by atoms with Crippen molar-refractivity contribution in [1.82, 2.24) is 0 Å². The van der Waals surface area contributed by atoms with E-state index in [1.54, 1.807) is 12.1 Å². The monoisotopic (exact) mass is 229 g/mol. The number of rotatable bonds is 3. The van der Waals surface area contributed by atoms with Gasteiger partial charge in [0.05, 0.1) is 22.7 Å². The third kappa shape index (κ3) is 2.62. The van der Waals surface area contributed by atoms with Crippen molar-refractivity contribution in [2.45, 2.75) is 19.4 Å². The van der Waals surface area contributed by atoms with Crippen molar-refractivity contribution in [3.05, 3.63) is 33.3 Å². The topological polar surface area (TPSA) is 44.0 Å². The van der Waals surface area contributed by atoms with Crippen LogP contribution in [0.3, 0.4) is 0 Å². The third-order valence-corrected chi connectivity index (χ3v) is 2.70. The summed E-state index contributed by atoms with van der Waals surface area (Å²) in [5.74, 6) is 0. The summed E-state index contributed by atoms with van der Waals surface area (Å²) in [4.78, 5) is 0. The maximum Gasteiger partial charge on any atom is 0.0697 e. The summed E-state index contributed by atoms with van der Waals surface area (Å²) in [6.45, 7) is -0.140. The summed E-state index contributed by atoms with van der Waals surface area (Å²) in [7, 11) is 0. The molecule has 2 nitrogen and oxygen atoms in total. The van der Waals surface area contributed by atoms with Crippen LogP contribution >= 0.6 is 23.2 Å². The minimum Gasteiger partial charge on any atom is -0.392 e. The van der Waals surface area contributed by atoms with E-state index in [4.69, 9.17) is 33.6 Å². The fourth-order valence-electron chi connectivity index (χ4n) is 1.17. The first-order chi connectivity index (χ1) is 6.69. The first-order valence-electron chi connectivity index (χ1n) is 4.13. The van der Waals surface area contributed by atoms with Crippen LogP contribution in [0.1, 0.15) is 17.5 Å². The van der Waals surface area contributed by atoms with Gasteiger partial charge in [-0.15, -0.1) is 0 Å². The molecule has 74 valence electrons. The van der Waals surface area contributed by atoms with Gasteiger partial charge >= 0.3 is 0 Å². The predicted octanol–water partition coefficient (Wildman–Crippen LogP) is 2.94. The molecular weight excluding hydrogens is 221 g/mol. The molecule has 0 heterocycles. The van der Waals surface area contributed by atoms with Crippen LogP contribution in [0.4, 0.5) is 0 Å². The van der Waals surface area contributed by atoms with E-state index in [0.717, 1.165) is 5.56 Å². The van der Waals surface area contributed by atoms with Gasteiger partial charge in [-0.2, -0.15) is 5.26 Å². The van der Waals surface area contributed by atoms with E-state index < -0.39 is 0 Å². The van der Waals surface area contributed by atoms with Gasteiger partial charge < -0.3 is 5.11 Å². The van der Waals surface area contributed by atoms with Gasteiger partial charge in [0.25, 0.3) is 0 Å². The van der Waals surface area contributed by atoms with Gasteiger partial charge in [0.1, 0.15) is 0 Å². The molecule has 1 rings (SSSR count). The molecule has 0 aliphatic heterocycles. The average molecular weight is 230 g/mol. The zero-order chi connectivity index (χ0) is 10.6. The normalized spacial score (nSPS) is 9.86. The highest BCUT2D eigenvalue weighted by molar-refractivity contribution is 6.42. The summed E-state index contributed by atoms with van der Waals surface area (Å²) in [6, 6.07) is 5.54. The predicted molar refractivity (Wildman–Crippen MR) is 56.3 cm³/mol. The van der Waals surface area contributed by atoms with Crippen LogP contribution in [0, 0.1) is 11.3 Å². The molecule has 0 aromatic heterocycles. The van der Waals surface area contributed by atoms with Crippen molar-refractivity contribution < 1.29 is 5.11 Å². The maximum absolute atomic E-state index is 8.98. The Labute approximate surface area is 92.7 Å². The number of halogens is 2. The number of hydrogen-bond donors (Lipinski definition) is 1. The van der Waals surface area contributed by atoms with Crippen molar-refractivity contribution >= 4 is 23.2 Å². The van der Waals surface area contributed by atoms with Crippen molar-refractivity contribution in [1.29, 1.82) is 5.26 Å². The molecule has 0 saturated carbocycles. The second-order valence-electron chi connectivity index (χ2n) is 2.87. The standard InChI is InChI=1S/C10H9Cl2NO/c11-9-5-7(2-1-3-13)4-8(6-14)10(9)12/h4-5,14H,1-2,6H2. The molecule has 0 spiro atoms. The van der Waals surface area contributed by atoms with Crippen LogP contribution < -0.4 is 0 Å². The van der Waals surface area contributed by atoms with Crippen LogP contribution in [0.15, 0.2) is 12.1 Å². The van der Waals surface area contributed by atoms with Crippen LogP contribution in [-0.2, 0) is 13.0 Å². The Morgan fingerprint density at radius 3 is 2.64 bits per heavy atom. The molecule has 1 N–H and O–H groups in total. The average Bonchev–Trinajstić information content (AvgIpc) is 2.19. The van der Waals surface area contributed by atoms with E-state index in [2.05, 4.69) is 0 Å². The van der Waals surface area contributed by atoms with E-state index in [1.165, 1.54) is 0 Å². The van der Waals surface area contributed by atoms with Gasteiger partial charge in [-0.25, -0.2) is 0 Å². The zero-order valence-electron chi connectivity index (χ0n) is 7.43. The molecule has 0 atom stereocenters. The Balaban J connectivity index is 2.98. The molecule has 0 amide bonds. The van der Waals surface area contributed by atoms with E-state index in [-0.39, 0.29) is 6.61 Å². The van der Waals surface area contributed by atoms with Crippen LogP contribution in [0.5, 0.6) is 0 Å². The lowest BCUT2D eigenvalue weighted by atomic mass is 10.1. The lowest BCUT2D eigenvalue weighted by molar-refractivity contribution is 0.282. The smallest absolute Gasteiger partial charge is 0.0697 e. The van der Waals surface area contributed by atoms with Gasteiger partial charge in [0.2, 0.25) is 0 Å². The van der Waals surface area contributed by atoms with Crippen molar-refractivity contribution in [3.63, 3.8) is 0 Å². The SMILES string of the molecule is N#CCCc1cc(Cl)c(Cl)c(CO)c1. The number of hydrogen-bond acceptors (Lipinski definition) is 2. The molecule has 0 radical (unpaired) electrons. The molecule has 14 heavy (non-hydrogen) atoms. The highest BCUT2D eigenvalue weighted by Gasteiger charge is 2.06. The summed E-state index contributed by atoms with van der Waals surface area (Å²) in [5.41, 5.74) is 1.53. The molecule has 4 heteroatoms. The maximum atomic E-state index is 8.98. The molecule has 0 unspecified atom stereocenters. The Hall–Kier alpha value is -0.750. The number of aliphatic hydroxyl groups excluding tert-OH is 1. The summed E-state index contributed by atoms with van der Waals surface area (Å²) in [6.07, 6.45) is 1.06. The second kappa shape index (κ2) is 5.21. The highest BCUT2D eigenvalue weighted by Crippen LogP contribution is 2.28. The Bertz CT molecular complexity index is 371. The molecule has 0 bridgehead atoms. The number of aliphatic hydroxyl groups is 1. The number of nitrogens with zero attached hydrogens (tertiary/aromatic N) is 1. The van der Waals surface area contributed by atoms with Gasteiger partial charge in [0.15, 0.2) is 0 Å². The first kappa shape index (κ1) is 11.3. The van der Waals surface area contributed by atoms with Gasteiger partial charge in [-0.05, 0) is 23.6 Å². The van der Waals surface area contributed by atoms with Gasteiger partial charge in [-0.3, -0.25) is 0 Å². The van der Waals surface area contributed by atoms with Crippen LogP contribution in [-0.4, -0.2) is 5.11 Å². The van der Waals surface area contributed by atoms with Crippen molar-refractivity contribution in [2.24, 2.45) is 0 Å². The molecule has 0 saturated heterocycles. The molecule has 1 aromatic carbocycles. The van der Waals surface area contributed by atoms with Crippen molar-refractivity contribution in [3.8, 4) is 6.07 Å². The fraction of sp³-hybridized carbons (Fsp3) is 0.300. The molecule has 1 aromatic rings. The minimum atomic E-state index is -0.140. The summed E-state index contributed by atoms with van der Waals surface area (Å²) < 4.78 is 0. The second-order valence-corrected chi connectivity index (χ2v) is 3.65. The van der Waals surface area contributed by atoms with E-state index in [0.29, 0.717) is 28.5 Å². The van der Waals surface area contributed by atoms with E-state index in [9.17, 15) is 0 Å². The quantitative estimate of drug-likeness (QED) is 0.867. The summed E-state index contributed by atoms with van der Waals surface area (Å²) in [5, 5.41) is 18.2. The van der Waals surface area contributed by atoms with E-state index >= 15 is 0 Å². The third-order valence-electron chi connectivity index (χ3n) is 1.86. The van der Waals surface area contributed by atoms with Crippen LogP contribution in [0.2, 0.25) is 10.0 Å². The zero-order valence-corrected chi connectivity index (χ0v) is 8.94. The minimum absolute atomic E-state index is 0.140. The van der Waals surface area contributed by atoms with E-state index in [1.807, 2.05) is 6.07 Å². The molecule has 0 aliphatic rings. The molecule has 0 aliphatic carbocycles. The Morgan fingerprint density at radius 2 is 2.07 bits per heavy atom. The number of benzene rings is 1. The lowest BCUT2D eigenvalue weighted by Crippen LogP contribution is -1.91. The molecule has 0 fully saturated rings. The highest BCUT2D eigenvalue weighted by atomic mass is 35.5. The van der Waals surface area contributed by atoms with Crippen LogP contribution in [0.25, 0.3) is 0 Å². The Morgan fingerprint density at radius 1 is 1.36 bits per heavy atom. The number of nitriles is 1. The summed E-state index contributed by atoms with van der Waals surface area (Å²) >= 11 is 11.7. The first-order valence-corrected chi connectivity index (χ1v) is 4.89. The van der Waals surface area contributed by atoms with Gasteiger partial charge in [0, 0.05) is 6.42 Å². The number of aryl methyl sites for hydroxylation is 1. The Kier molecular flexibility index (Phi) is 4.21. The fourth-order valence-corrected chi connectivity index (χ4v) is 1.60. The lowest BCUT2D eigenvalue weighted by Gasteiger charge is -2.06. The van der Waals surface area contributed by atoms with Gasteiger partial charge in [-0.1, -0.05) is 29.3 Å². The molecular formula is C10H9Cl2NO.